The van der Waals surface area contributed by atoms with Crippen molar-refractivity contribution in [2.24, 2.45) is 10.8 Å². The molecule has 22 heavy (non-hydrogen) atoms. The van der Waals surface area contributed by atoms with E-state index >= 15 is 0 Å². The summed E-state index contributed by atoms with van der Waals surface area (Å²) in [5, 5.41) is 14.8. The van der Waals surface area contributed by atoms with Gasteiger partial charge >= 0.3 is 6.03 Å². The molecule has 2 rings (SSSR count). The number of nitrogen functional groups attached to an aromatic ring is 1. The van der Waals surface area contributed by atoms with Crippen LogP contribution in [-0.2, 0) is 0 Å². The zero-order valence-corrected chi connectivity index (χ0v) is 11.4. The van der Waals surface area contributed by atoms with Gasteiger partial charge in [0, 0.05) is 28.9 Å². The van der Waals surface area contributed by atoms with Crippen molar-refractivity contribution < 1.29 is 9.72 Å². The topological polar surface area (TPSA) is 137 Å². The lowest BCUT2D eigenvalue weighted by atomic mass is 10.0. The van der Waals surface area contributed by atoms with E-state index < -0.39 is 11.0 Å². The van der Waals surface area contributed by atoms with Gasteiger partial charge in [-0.05, 0) is 6.07 Å². The molecule has 0 saturated carbocycles. The number of anilines is 1. The number of rotatable bonds is 4. The van der Waals surface area contributed by atoms with E-state index in [0.717, 1.165) is 0 Å². The Morgan fingerprint density at radius 2 is 1.86 bits per heavy atom. The first-order valence-electron chi connectivity index (χ1n) is 6.22. The van der Waals surface area contributed by atoms with E-state index in [1.54, 1.807) is 30.3 Å². The summed E-state index contributed by atoms with van der Waals surface area (Å²) in [7, 11) is 0. The number of nitro benzene ring substituents is 1. The minimum absolute atomic E-state index is 0.132. The maximum absolute atomic E-state index is 10.9. The number of carbonyl (C=O) groups excluding carboxylic acids is 1. The van der Waals surface area contributed by atoms with Gasteiger partial charge in [0.05, 0.1) is 4.92 Å². The van der Waals surface area contributed by atoms with Gasteiger partial charge in [-0.3, -0.25) is 10.1 Å². The lowest BCUT2D eigenvalue weighted by Gasteiger charge is -2.10. The van der Waals surface area contributed by atoms with E-state index in [9.17, 15) is 14.9 Å². The Morgan fingerprint density at radius 3 is 2.45 bits per heavy atom. The highest BCUT2D eigenvalue weighted by Crippen LogP contribution is 2.23. The zero-order chi connectivity index (χ0) is 16.1. The van der Waals surface area contributed by atoms with Crippen molar-refractivity contribution >= 4 is 23.1 Å². The molecular weight excluding hydrogens is 286 g/mol. The molecule has 0 radical (unpaired) electrons. The molecular formula is C14H13N5O3. The fourth-order valence-corrected chi connectivity index (χ4v) is 1.85. The number of urea groups is 1. The third-order valence-corrected chi connectivity index (χ3v) is 2.83. The summed E-state index contributed by atoms with van der Waals surface area (Å²) in [6.07, 6.45) is 0. The van der Waals surface area contributed by atoms with Crippen LogP contribution in [0.3, 0.4) is 0 Å². The zero-order valence-electron chi connectivity index (χ0n) is 11.4. The second kappa shape index (κ2) is 6.35. The first-order valence-corrected chi connectivity index (χ1v) is 6.22. The number of nitrogens with one attached hydrogen (secondary N) is 1. The van der Waals surface area contributed by atoms with Gasteiger partial charge in [-0.1, -0.05) is 30.3 Å². The SMILES string of the molecule is NC(=O)N/N=C(\c1ccccc1)c1cc([N+](=O)[O-])ccc1N. The van der Waals surface area contributed by atoms with Crippen molar-refractivity contribution in [3.05, 3.63) is 69.8 Å². The molecule has 0 saturated heterocycles. The molecule has 0 aliphatic carbocycles. The van der Waals surface area contributed by atoms with Crippen LogP contribution in [0.15, 0.2) is 53.6 Å². The van der Waals surface area contributed by atoms with Crippen molar-refractivity contribution in [1.82, 2.24) is 5.43 Å². The third-order valence-electron chi connectivity index (χ3n) is 2.83. The number of non-ortho nitro benzene ring substituents is 1. The van der Waals surface area contributed by atoms with Gasteiger partial charge in [-0.25, -0.2) is 10.2 Å². The maximum atomic E-state index is 10.9. The second-order valence-corrected chi connectivity index (χ2v) is 4.33. The second-order valence-electron chi connectivity index (χ2n) is 4.33. The number of nitro groups is 1. The molecule has 0 fully saturated rings. The van der Waals surface area contributed by atoms with Gasteiger partial charge < -0.3 is 11.5 Å². The smallest absolute Gasteiger partial charge is 0.332 e. The van der Waals surface area contributed by atoms with Gasteiger partial charge in [0.1, 0.15) is 5.71 Å². The van der Waals surface area contributed by atoms with Gasteiger partial charge in [-0.15, -0.1) is 0 Å². The number of nitrogens with zero attached hydrogens (tertiary/aromatic N) is 2. The Hall–Kier alpha value is -3.42. The molecule has 0 heterocycles. The molecule has 2 amide bonds. The standard InChI is InChI=1S/C14H13N5O3/c15-12-7-6-10(19(21)22)8-11(12)13(17-18-14(16)20)9-4-2-1-3-5-9/h1-8H,15H2,(H3,16,18,20)/b17-13+. The van der Waals surface area contributed by atoms with Gasteiger partial charge in [0.15, 0.2) is 0 Å². The quantitative estimate of drug-likeness (QED) is 0.341. The Kier molecular flexibility index (Phi) is 4.33. The van der Waals surface area contributed by atoms with E-state index in [4.69, 9.17) is 11.5 Å². The van der Waals surface area contributed by atoms with Crippen LogP contribution < -0.4 is 16.9 Å². The van der Waals surface area contributed by atoms with Gasteiger partial charge in [0.2, 0.25) is 0 Å². The Labute approximate surface area is 125 Å². The van der Waals surface area contributed by atoms with Crippen molar-refractivity contribution in [2.75, 3.05) is 5.73 Å². The van der Waals surface area contributed by atoms with E-state index in [2.05, 4.69) is 10.5 Å². The fourth-order valence-electron chi connectivity index (χ4n) is 1.85. The van der Waals surface area contributed by atoms with Crippen LogP contribution in [0, 0.1) is 10.1 Å². The monoisotopic (exact) mass is 299 g/mol. The molecule has 0 atom stereocenters. The molecule has 0 aliphatic heterocycles. The largest absolute Gasteiger partial charge is 0.398 e. The molecule has 2 aromatic carbocycles. The Bertz CT molecular complexity index is 743. The number of nitrogens with two attached hydrogens (primary N) is 2. The first kappa shape index (κ1) is 15.0. The minimum atomic E-state index is -0.850. The average molecular weight is 299 g/mol. The molecule has 112 valence electrons. The molecule has 5 N–H and O–H groups in total. The van der Waals surface area contributed by atoms with Crippen molar-refractivity contribution in [1.29, 1.82) is 0 Å². The third kappa shape index (κ3) is 3.37. The molecule has 0 aliphatic rings. The molecule has 0 aromatic heterocycles. The summed E-state index contributed by atoms with van der Waals surface area (Å²) in [5.41, 5.74) is 14.4. The molecule has 0 unspecified atom stereocenters. The highest BCUT2D eigenvalue weighted by Gasteiger charge is 2.15. The van der Waals surface area contributed by atoms with E-state index in [1.807, 2.05) is 0 Å². The summed E-state index contributed by atoms with van der Waals surface area (Å²) >= 11 is 0. The number of hydrogen-bond donors (Lipinski definition) is 3. The lowest BCUT2D eigenvalue weighted by molar-refractivity contribution is -0.384. The first-order chi connectivity index (χ1) is 10.5. The van der Waals surface area contributed by atoms with Crippen LogP contribution >= 0.6 is 0 Å². The summed E-state index contributed by atoms with van der Waals surface area (Å²) in [6.45, 7) is 0. The Morgan fingerprint density at radius 1 is 1.18 bits per heavy atom. The van der Waals surface area contributed by atoms with E-state index in [0.29, 0.717) is 16.8 Å². The fraction of sp³-hybridized carbons (Fsp3) is 0. The predicted octanol–water partition coefficient (Wildman–Crippen LogP) is 1.60. The molecule has 0 bridgehead atoms. The molecule has 8 nitrogen and oxygen atoms in total. The van der Waals surface area contributed by atoms with Crippen LogP contribution in [0.5, 0.6) is 0 Å². The number of primary amides is 1. The Balaban J connectivity index is 2.59. The van der Waals surface area contributed by atoms with Crippen LogP contribution in [0.1, 0.15) is 11.1 Å². The van der Waals surface area contributed by atoms with Gasteiger partial charge in [0.25, 0.3) is 5.69 Å². The lowest BCUT2D eigenvalue weighted by Crippen LogP contribution is -2.26. The highest BCUT2D eigenvalue weighted by molar-refractivity contribution is 6.16. The average Bonchev–Trinajstić information content (AvgIpc) is 2.49. The van der Waals surface area contributed by atoms with Crippen molar-refractivity contribution in [2.45, 2.75) is 0 Å². The summed E-state index contributed by atoms with van der Waals surface area (Å²) in [6, 6.07) is 12.0. The number of amides is 2. The van der Waals surface area contributed by atoms with E-state index in [-0.39, 0.29) is 11.4 Å². The molecule has 0 spiro atoms. The maximum Gasteiger partial charge on any atom is 0.332 e. The van der Waals surface area contributed by atoms with Crippen molar-refractivity contribution in [3.8, 4) is 0 Å². The van der Waals surface area contributed by atoms with Crippen LogP contribution in [-0.4, -0.2) is 16.7 Å². The number of hydrogen-bond acceptors (Lipinski definition) is 5. The number of benzene rings is 2. The molecule has 2 aromatic rings. The normalized spacial score (nSPS) is 11.0. The minimum Gasteiger partial charge on any atom is -0.398 e. The molecule has 8 heteroatoms. The number of hydrazone groups is 1. The van der Waals surface area contributed by atoms with Gasteiger partial charge in [-0.2, -0.15) is 5.10 Å². The van der Waals surface area contributed by atoms with Crippen LogP contribution in [0.2, 0.25) is 0 Å². The predicted molar refractivity (Wildman–Crippen MR) is 82.3 cm³/mol. The van der Waals surface area contributed by atoms with Crippen molar-refractivity contribution in [3.63, 3.8) is 0 Å². The highest BCUT2D eigenvalue weighted by atomic mass is 16.6. The van der Waals surface area contributed by atoms with Crippen LogP contribution in [0.4, 0.5) is 16.2 Å². The summed E-state index contributed by atoms with van der Waals surface area (Å²) in [5.74, 6) is 0. The number of carbonyl (C=O) groups is 1. The summed E-state index contributed by atoms with van der Waals surface area (Å²) < 4.78 is 0. The van der Waals surface area contributed by atoms with E-state index in [1.165, 1.54) is 18.2 Å². The van der Waals surface area contributed by atoms with Crippen LogP contribution in [0.25, 0.3) is 0 Å². The summed E-state index contributed by atoms with van der Waals surface area (Å²) in [4.78, 5) is 21.3.